The Bertz CT molecular complexity index is 2290. The third-order valence-electron chi connectivity index (χ3n) is 11.8. The minimum absolute atomic E-state index is 0.0593. The van der Waals surface area contributed by atoms with E-state index in [1.165, 1.54) is 20.3 Å². The quantitative estimate of drug-likeness (QED) is 0.160. The maximum Gasteiger partial charge on any atom is 0.407 e. The van der Waals surface area contributed by atoms with Crippen molar-refractivity contribution in [1.29, 1.82) is 0 Å². The molecule has 0 bridgehead atoms. The number of benzene rings is 2. The van der Waals surface area contributed by atoms with Crippen molar-refractivity contribution in [3.8, 4) is 23.1 Å². The molecule has 2 saturated carbocycles. The van der Waals surface area contributed by atoms with Gasteiger partial charge in [-0.05, 0) is 79.2 Å². The molecule has 4 aliphatic rings. The highest BCUT2D eigenvalue weighted by Gasteiger charge is 2.57. The van der Waals surface area contributed by atoms with Crippen LogP contribution in [0.25, 0.3) is 22.3 Å². The number of ether oxygens (including phenoxy) is 2. The third-order valence-corrected chi connectivity index (χ3v) is 11.8. The molecular weight excluding hydrogens is 732 g/mol. The van der Waals surface area contributed by atoms with E-state index in [4.69, 9.17) is 9.47 Å². The van der Waals surface area contributed by atoms with Crippen LogP contribution >= 0.6 is 0 Å². The molecule has 2 aromatic carbocycles. The van der Waals surface area contributed by atoms with Crippen LogP contribution in [-0.4, -0.2) is 92.1 Å². The zero-order valence-electron chi connectivity index (χ0n) is 32.8. The molecule has 2 aliphatic heterocycles. The average Bonchev–Trinajstić information content (AvgIpc) is 3.81. The normalized spacial score (nSPS) is 24.0. The van der Waals surface area contributed by atoms with E-state index < -0.39 is 30.1 Å². The number of hydrogen-bond acceptors (Lipinski definition) is 8. The first kappa shape index (κ1) is 38.0. The topological polar surface area (TPSA) is 175 Å². The second kappa shape index (κ2) is 14.9. The van der Waals surface area contributed by atoms with Crippen molar-refractivity contribution in [2.75, 3.05) is 14.2 Å². The van der Waals surface area contributed by atoms with E-state index in [0.717, 1.165) is 36.1 Å². The number of fused-ring (bicyclic) bond motifs is 3. The maximum atomic E-state index is 15.5. The minimum atomic E-state index is -0.763. The molecule has 2 aliphatic carbocycles. The number of hydrogen-bond donors (Lipinski definition) is 4. The lowest BCUT2D eigenvalue weighted by Crippen LogP contribution is -2.52. The first-order chi connectivity index (χ1) is 27.3. The Morgan fingerprint density at radius 1 is 0.772 bits per heavy atom. The number of likely N-dealkylation sites (tertiary alicyclic amines) is 2. The minimum Gasteiger partial charge on any atom is -0.453 e. The predicted molar refractivity (Wildman–Crippen MR) is 207 cm³/mol. The summed E-state index contributed by atoms with van der Waals surface area (Å²) in [6.45, 7) is 7.53. The van der Waals surface area contributed by atoms with Gasteiger partial charge in [0.15, 0.2) is 5.82 Å². The summed E-state index contributed by atoms with van der Waals surface area (Å²) in [5, 5.41) is 5.39. The van der Waals surface area contributed by atoms with Gasteiger partial charge in [0.25, 0.3) is 0 Å². The van der Waals surface area contributed by atoms with Crippen LogP contribution in [0.15, 0.2) is 42.6 Å². The molecule has 0 unspecified atom stereocenters. The third kappa shape index (κ3) is 7.29. The number of amides is 4. The van der Waals surface area contributed by atoms with Crippen molar-refractivity contribution in [1.82, 2.24) is 40.4 Å². The van der Waals surface area contributed by atoms with Crippen LogP contribution in [0, 0.1) is 41.3 Å². The van der Waals surface area contributed by atoms with Gasteiger partial charge in [0.1, 0.15) is 29.2 Å². The van der Waals surface area contributed by atoms with Gasteiger partial charge in [0.2, 0.25) is 11.8 Å². The summed E-state index contributed by atoms with van der Waals surface area (Å²) in [5.41, 5.74) is 3.56. The monoisotopic (exact) mass is 778 g/mol. The van der Waals surface area contributed by atoms with Crippen LogP contribution in [0.3, 0.4) is 0 Å². The van der Waals surface area contributed by atoms with E-state index in [2.05, 4.69) is 42.4 Å². The number of alkyl carbamates (subject to hydrolysis) is 2. The number of aromatic nitrogens is 4. The Morgan fingerprint density at radius 3 is 1.86 bits per heavy atom. The zero-order valence-corrected chi connectivity index (χ0v) is 32.8. The van der Waals surface area contributed by atoms with Crippen LogP contribution in [0.4, 0.5) is 14.0 Å². The molecule has 298 valence electrons. The van der Waals surface area contributed by atoms with Crippen molar-refractivity contribution < 1.29 is 33.0 Å². The SMILES string of the molecule is COC(=O)N[C@H](C(=O)N1[C@@H]2C[C@@H]2C[C@H]1c1ncc(-c2ccc(C#Cc3cc(F)c4nc([C@@H]5C[C@H]6C[C@H]6N5C(=O)[C@@H](NC(=O)OC)C(C)C)[nH]c4c3)cc2)[nH]1)C(C)C. The van der Waals surface area contributed by atoms with Crippen LogP contribution in [0.5, 0.6) is 0 Å². The fraction of sp³-hybridized carbons (Fsp3) is 0.476. The number of carbonyl (C=O) groups is 4. The first-order valence-corrected chi connectivity index (χ1v) is 19.5. The van der Waals surface area contributed by atoms with E-state index >= 15 is 4.39 Å². The van der Waals surface area contributed by atoms with Gasteiger partial charge in [0, 0.05) is 23.2 Å². The highest BCUT2D eigenvalue weighted by Crippen LogP contribution is 2.54. The van der Waals surface area contributed by atoms with Gasteiger partial charge >= 0.3 is 12.2 Å². The number of nitrogens with one attached hydrogen (secondary N) is 4. The number of imidazole rings is 2. The van der Waals surface area contributed by atoms with Gasteiger partial charge in [-0.15, -0.1) is 0 Å². The molecule has 4 N–H and O–H groups in total. The first-order valence-electron chi connectivity index (χ1n) is 19.5. The van der Waals surface area contributed by atoms with Crippen LogP contribution in [0.1, 0.15) is 88.2 Å². The van der Waals surface area contributed by atoms with Gasteiger partial charge in [0.05, 0.1) is 43.7 Å². The Labute approximate surface area is 329 Å². The number of aromatic amines is 2. The summed E-state index contributed by atoms with van der Waals surface area (Å²) >= 11 is 0. The molecule has 0 radical (unpaired) electrons. The van der Waals surface area contributed by atoms with Crippen molar-refractivity contribution in [3.05, 3.63) is 71.2 Å². The van der Waals surface area contributed by atoms with E-state index in [9.17, 15) is 19.2 Å². The Kier molecular flexibility index (Phi) is 9.91. The summed E-state index contributed by atoms with van der Waals surface area (Å²) in [4.78, 5) is 71.2. The average molecular weight is 779 g/mol. The van der Waals surface area contributed by atoms with E-state index in [-0.39, 0.29) is 53.3 Å². The van der Waals surface area contributed by atoms with Gasteiger partial charge in [-0.25, -0.2) is 23.9 Å². The second-order valence-electron chi connectivity index (χ2n) is 16.3. The van der Waals surface area contributed by atoms with Gasteiger partial charge in [-0.2, -0.15) is 0 Å². The summed E-state index contributed by atoms with van der Waals surface area (Å²) < 4.78 is 25.0. The lowest BCUT2D eigenvalue weighted by molar-refractivity contribution is -0.137. The molecule has 14 nitrogen and oxygen atoms in total. The molecule has 4 heterocycles. The standard InChI is InChI=1S/C42H47FN8O6/c1-20(2)34(48-41(54)56-5)39(52)50-30-15-25(30)17-32(50)37-44-19-29(46-37)24-11-9-22(10-12-24)7-8-23-13-27(43)36-28(14-23)45-38(47-36)33-18-26-16-31(26)51(33)40(53)35(21(3)4)49-42(55)57-6/h9-14,19-21,25-26,30-35H,15-18H2,1-6H3,(H,44,46)(H,45,47)(H,48,54)(H,49,55)/t25-,26-,30-,31-,32+,33+,34+,35+/m1/s1. The molecule has 4 fully saturated rings. The molecule has 2 aromatic heterocycles. The van der Waals surface area contributed by atoms with Gasteiger partial charge in [-0.1, -0.05) is 51.7 Å². The summed E-state index contributed by atoms with van der Waals surface area (Å²) in [6.07, 6.45) is 3.81. The predicted octanol–water partition coefficient (Wildman–Crippen LogP) is 5.58. The highest BCUT2D eigenvalue weighted by molar-refractivity contribution is 5.88. The second-order valence-corrected chi connectivity index (χ2v) is 16.3. The van der Waals surface area contributed by atoms with Gasteiger partial charge in [-0.3, -0.25) is 9.59 Å². The van der Waals surface area contributed by atoms with Gasteiger partial charge < -0.3 is 39.9 Å². The number of methoxy groups -OCH3 is 2. The maximum absolute atomic E-state index is 15.5. The summed E-state index contributed by atoms with van der Waals surface area (Å²) in [5.74, 6) is 7.03. The van der Waals surface area contributed by atoms with Crippen molar-refractivity contribution >= 4 is 35.0 Å². The molecule has 8 atom stereocenters. The fourth-order valence-corrected chi connectivity index (χ4v) is 8.61. The lowest BCUT2D eigenvalue weighted by atomic mass is 10.0. The van der Waals surface area contributed by atoms with Crippen molar-refractivity contribution in [2.24, 2.45) is 23.7 Å². The molecule has 4 aromatic rings. The zero-order chi connectivity index (χ0) is 40.3. The number of piperidine rings is 2. The number of nitrogens with zero attached hydrogens (tertiary/aromatic N) is 4. The van der Waals surface area contributed by atoms with Crippen LogP contribution in [-0.2, 0) is 19.1 Å². The van der Waals surface area contributed by atoms with E-state index in [0.29, 0.717) is 41.0 Å². The van der Waals surface area contributed by atoms with Crippen LogP contribution in [0.2, 0.25) is 0 Å². The van der Waals surface area contributed by atoms with E-state index in [1.54, 1.807) is 17.2 Å². The van der Waals surface area contributed by atoms with Crippen molar-refractivity contribution in [2.45, 2.75) is 89.6 Å². The number of carbonyl (C=O) groups excluding carboxylic acids is 4. The summed E-state index contributed by atoms with van der Waals surface area (Å²) in [6, 6.07) is 8.89. The lowest BCUT2D eigenvalue weighted by Gasteiger charge is -2.31. The largest absolute Gasteiger partial charge is 0.453 e. The molecule has 8 rings (SSSR count). The molecule has 0 spiro atoms. The van der Waals surface area contributed by atoms with Crippen molar-refractivity contribution in [3.63, 3.8) is 0 Å². The Hall–Kier alpha value is -5.91. The fourth-order valence-electron chi connectivity index (χ4n) is 8.61. The molecule has 2 saturated heterocycles. The molecule has 15 heteroatoms. The Morgan fingerprint density at radius 2 is 1.32 bits per heavy atom. The molecule has 4 amide bonds. The summed E-state index contributed by atoms with van der Waals surface area (Å²) in [7, 11) is 2.55. The van der Waals surface area contributed by atoms with E-state index in [1.807, 2.05) is 56.9 Å². The highest BCUT2D eigenvalue weighted by atomic mass is 19.1. The number of rotatable bonds is 9. The molecular formula is C42H47FN8O6. The number of H-pyrrole nitrogens is 2. The Balaban J connectivity index is 0.961. The van der Waals surface area contributed by atoms with Crippen LogP contribution < -0.4 is 10.6 Å². The smallest absolute Gasteiger partial charge is 0.407 e. The molecule has 57 heavy (non-hydrogen) atoms. The number of halogens is 1.